The number of carbonyl (C=O) groups excluding carboxylic acids is 1. The highest BCUT2D eigenvalue weighted by atomic mass is 32.2. The van der Waals surface area contributed by atoms with Crippen LogP contribution < -0.4 is 0 Å². The Morgan fingerprint density at radius 3 is 2.56 bits per heavy atom. The Bertz CT molecular complexity index is 773. The van der Waals surface area contributed by atoms with Gasteiger partial charge in [-0.05, 0) is 51.2 Å². The Morgan fingerprint density at radius 1 is 1.32 bits per heavy atom. The summed E-state index contributed by atoms with van der Waals surface area (Å²) in [6.45, 7) is 5.93. The number of rotatable bonds is 6. The van der Waals surface area contributed by atoms with Gasteiger partial charge in [-0.2, -0.15) is 9.57 Å². The fraction of sp³-hybridized carbons (Fsp3) is 0.556. The van der Waals surface area contributed by atoms with Crippen LogP contribution in [0.15, 0.2) is 17.0 Å². The number of esters is 1. The third kappa shape index (κ3) is 4.20. The number of hydrogen-bond donors (Lipinski definition) is 0. The Hall–Kier alpha value is -1.91. The molecule has 0 saturated carbocycles. The number of aryl methyl sites for hydroxylation is 3. The molecular weight excluding hydrogens is 340 g/mol. The number of benzene rings is 1. The highest BCUT2D eigenvalue weighted by Gasteiger charge is 2.41. The molecule has 1 saturated heterocycles. The minimum atomic E-state index is -3.77. The molecule has 0 amide bonds. The quantitative estimate of drug-likeness (QED) is 0.572. The number of carbonyl (C=O) groups is 1. The molecule has 1 heterocycles. The molecule has 0 aliphatic carbocycles. The standard InChI is InChI=1S/C18H24N2O4S/c1-13-11-14(2)17(15(3)12-13)25(22,23)20-9-6-7-16(20)18(21)24-10-5-4-8-19/h11-12,16H,4-7,9-10H2,1-3H3. The number of nitrogens with zero attached hydrogens (tertiary/aromatic N) is 2. The van der Waals surface area contributed by atoms with Crippen molar-refractivity contribution in [2.45, 2.75) is 57.4 Å². The molecule has 0 spiro atoms. The van der Waals surface area contributed by atoms with E-state index in [4.69, 9.17) is 10.00 Å². The topological polar surface area (TPSA) is 87.5 Å². The van der Waals surface area contributed by atoms with E-state index in [0.29, 0.717) is 43.4 Å². The summed E-state index contributed by atoms with van der Waals surface area (Å²) in [5.41, 5.74) is 2.37. The van der Waals surface area contributed by atoms with Crippen molar-refractivity contribution in [2.75, 3.05) is 13.2 Å². The van der Waals surface area contributed by atoms with Crippen LogP contribution in [0, 0.1) is 32.1 Å². The first kappa shape index (κ1) is 19.4. The molecule has 1 aromatic carbocycles. The van der Waals surface area contributed by atoms with E-state index in [1.807, 2.05) is 25.1 Å². The van der Waals surface area contributed by atoms with Gasteiger partial charge in [-0.1, -0.05) is 17.7 Å². The number of unbranched alkanes of at least 4 members (excludes halogenated alkanes) is 1. The van der Waals surface area contributed by atoms with Gasteiger partial charge in [-0.15, -0.1) is 0 Å². The van der Waals surface area contributed by atoms with Gasteiger partial charge in [-0.3, -0.25) is 4.79 Å². The van der Waals surface area contributed by atoms with Gasteiger partial charge in [0, 0.05) is 13.0 Å². The van der Waals surface area contributed by atoms with Crippen LogP contribution in [-0.2, 0) is 19.6 Å². The first-order chi connectivity index (χ1) is 11.8. The van der Waals surface area contributed by atoms with Crippen LogP contribution in [0.4, 0.5) is 0 Å². The van der Waals surface area contributed by atoms with Gasteiger partial charge < -0.3 is 4.74 Å². The summed E-state index contributed by atoms with van der Waals surface area (Å²) in [4.78, 5) is 12.6. The lowest BCUT2D eigenvalue weighted by Crippen LogP contribution is -2.41. The first-order valence-corrected chi connectivity index (χ1v) is 9.86. The summed E-state index contributed by atoms with van der Waals surface area (Å²) in [6, 6.07) is 4.88. The van der Waals surface area contributed by atoms with E-state index in [1.54, 1.807) is 13.8 Å². The molecule has 136 valence electrons. The summed E-state index contributed by atoms with van der Waals surface area (Å²) in [6.07, 6.45) is 1.85. The molecule has 1 aromatic rings. The minimum Gasteiger partial charge on any atom is -0.464 e. The Labute approximate surface area is 149 Å². The maximum atomic E-state index is 13.2. The van der Waals surface area contributed by atoms with Gasteiger partial charge in [0.1, 0.15) is 6.04 Å². The van der Waals surface area contributed by atoms with E-state index in [-0.39, 0.29) is 11.5 Å². The molecular formula is C18H24N2O4S. The molecule has 0 N–H and O–H groups in total. The van der Waals surface area contributed by atoms with Crippen LogP contribution >= 0.6 is 0 Å². The van der Waals surface area contributed by atoms with Crippen molar-refractivity contribution in [1.29, 1.82) is 5.26 Å². The molecule has 0 bridgehead atoms. The van der Waals surface area contributed by atoms with Crippen molar-refractivity contribution in [3.63, 3.8) is 0 Å². The Balaban J connectivity index is 2.24. The van der Waals surface area contributed by atoms with Crippen molar-refractivity contribution in [2.24, 2.45) is 0 Å². The Morgan fingerprint density at radius 2 is 1.96 bits per heavy atom. The third-order valence-corrected chi connectivity index (χ3v) is 6.54. The van der Waals surface area contributed by atoms with Crippen LogP contribution in [-0.4, -0.2) is 37.9 Å². The van der Waals surface area contributed by atoms with Crippen LogP contribution in [0.2, 0.25) is 0 Å². The fourth-order valence-electron chi connectivity index (χ4n) is 3.37. The lowest BCUT2D eigenvalue weighted by molar-refractivity contribution is -0.147. The van der Waals surface area contributed by atoms with Gasteiger partial charge >= 0.3 is 5.97 Å². The van der Waals surface area contributed by atoms with Crippen LogP contribution in [0.5, 0.6) is 0 Å². The highest BCUT2D eigenvalue weighted by Crippen LogP contribution is 2.31. The zero-order valence-corrected chi connectivity index (χ0v) is 15.7. The van der Waals surface area contributed by atoms with Crippen molar-refractivity contribution in [3.05, 3.63) is 28.8 Å². The molecule has 0 radical (unpaired) electrons. The zero-order chi connectivity index (χ0) is 18.6. The number of nitriles is 1. The Kier molecular flexibility index (Phi) is 6.20. The molecule has 6 nitrogen and oxygen atoms in total. The average Bonchev–Trinajstić information content (AvgIpc) is 3.00. The zero-order valence-electron chi connectivity index (χ0n) is 14.9. The predicted molar refractivity (Wildman–Crippen MR) is 93.4 cm³/mol. The van der Waals surface area contributed by atoms with Crippen LogP contribution in [0.3, 0.4) is 0 Å². The molecule has 1 fully saturated rings. The maximum Gasteiger partial charge on any atom is 0.324 e. The number of sulfonamides is 1. The summed E-state index contributed by atoms with van der Waals surface area (Å²) >= 11 is 0. The predicted octanol–water partition coefficient (Wildman–Crippen LogP) is 2.61. The van der Waals surface area contributed by atoms with Crippen molar-refractivity contribution < 1.29 is 17.9 Å². The van der Waals surface area contributed by atoms with Gasteiger partial charge in [0.25, 0.3) is 0 Å². The van der Waals surface area contributed by atoms with Crippen molar-refractivity contribution in [3.8, 4) is 6.07 Å². The lowest BCUT2D eigenvalue weighted by Gasteiger charge is -2.24. The minimum absolute atomic E-state index is 0.138. The van der Waals surface area contributed by atoms with E-state index in [2.05, 4.69) is 0 Å². The summed E-state index contributed by atoms with van der Waals surface area (Å²) < 4.78 is 32.7. The number of hydrogen-bond acceptors (Lipinski definition) is 5. The second-order valence-electron chi connectivity index (χ2n) is 6.43. The van der Waals surface area contributed by atoms with Gasteiger partial charge in [0.15, 0.2) is 0 Å². The summed E-state index contributed by atoms with van der Waals surface area (Å²) in [7, 11) is -3.77. The molecule has 1 aliphatic heterocycles. The molecule has 2 rings (SSSR count). The highest BCUT2D eigenvalue weighted by molar-refractivity contribution is 7.89. The monoisotopic (exact) mass is 364 g/mol. The second-order valence-corrected chi connectivity index (χ2v) is 8.26. The van der Waals surface area contributed by atoms with Gasteiger partial charge in [0.2, 0.25) is 10.0 Å². The van der Waals surface area contributed by atoms with Gasteiger partial charge in [0.05, 0.1) is 17.6 Å². The van der Waals surface area contributed by atoms with Crippen LogP contribution in [0.25, 0.3) is 0 Å². The largest absolute Gasteiger partial charge is 0.464 e. The summed E-state index contributed by atoms with van der Waals surface area (Å²) in [5, 5.41) is 8.51. The molecule has 1 unspecified atom stereocenters. The summed E-state index contributed by atoms with van der Waals surface area (Å²) in [5.74, 6) is -0.526. The second kappa shape index (κ2) is 7.98. The lowest BCUT2D eigenvalue weighted by atomic mass is 10.1. The third-order valence-electron chi connectivity index (χ3n) is 4.32. The average molecular weight is 364 g/mol. The molecule has 0 aromatic heterocycles. The van der Waals surface area contributed by atoms with E-state index in [0.717, 1.165) is 5.56 Å². The fourth-order valence-corrected chi connectivity index (χ4v) is 5.44. The van der Waals surface area contributed by atoms with Crippen molar-refractivity contribution >= 4 is 16.0 Å². The van der Waals surface area contributed by atoms with E-state index in [1.165, 1.54) is 4.31 Å². The first-order valence-electron chi connectivity index (χ1n) is 8.42. The van der Waals surface area contributed by atoms with Crippen molar-refractivity contribution in [1.82, 2.24) is 4.31 Å². The van der Waals surface area contributed by atoms with Gasteiger partial charge in [-0.25, -0.2) is 8.42 Å². The molecule has 25 heavy (non-hydrogen) atoms. The van der Waals surface area contributed by atoms with E-state index in [9.17, 15) is 13.2 Å². The molecule has 7 heteroatoms. The molecule has 1 aliphatic rings. The van der Waals surface area contributed by atoms with E-state index >= 15 is 0 Å². The molecule has 1 atom stereocenters. The normalized spacial score (nSPS) is 18.1. The number of ether oxygens (including phenoxy) is 1. The smallest absolute Gasteiger partial charge is 0.324 e. The van der Waals surface area contributed by atoms with E-state index < -0.39 is 22.0 Å². The maximum absolute atomic E-state index is 13.2. The van der Waals surface area contributed by atoms with Crippen LogP contribution in [0.1, 0.15) is 42.4 Å². The SMILES string of the molecule is Cc1cc(C)c(S(=O)(=O)N2CCCC2C(=O)OCCCC#N)c(C)c1.